The van der Waals surface area contributed by atoms with Crippen LogP contribution in [0.3, 0.4) is 0 Å². The summed E-state index contributed by atoms with van der Waals surface area (Å²) in [5, 5.41) is 33.9. The van der Waals surface area contributed by atoms with Crippen molar-refractivity contribution in [2.24, 2.45) is 0 Å². The van der Waals surface area contributed by atoms with Crippen LogP contribution >= 0.6 is 22.8 Å². The van der Waals surface area contributed by atoms with Gasteiger partial charge in [0, 0.05) is 48.1 Å². The minimum Gasteiger partial charge on any atom is -0.507 e. The van der Waals surface area contributed by atoms with Gasteiger partial charge < -0.3 is 24.4 Å². The fourth-order valence-electron chi connectivity index (χ4n) is 8.04. The largest absolute Gasteiger partial charge is 0.546 e. The van der Waals surface area contributed by atoms with Crippen LogP contribution < -0.4 is 15.9 Å². The van der Waals surface area contributed by atoms with E-state index in [1.165, 1.54) is 14.2 Å². The topological polar surface area (TPSA) is 151 Å². The number of phenols is 3. The molecule has 70 heavy (non-hydrogen) atoms. The van der Waals surface area contributed by atoms with Crippen molar-refractivity contribution in [3.8, 4) is 17.2 Å². The summed E-state index contributed by atoms with van der Waals surface area (Å²) >= 11 is 0. The summed E-state index contributed by atoms with van der Waals surface area (Å²) in [7, 11) is -5.42. The standard InChI is InChI=1S/2C22H31O3P.C14H21O3P/c2*1-21(2,3)18-13-16(14-19(20(18)23)22(4,5)6)15-26(24,25-7)17-11-9-8-10-12-17;1-13(2,3)10-7-9(18(16)17)8-11(12(10)15)14(4,5)6/h2*8-14,23H,15H2,1-7H3;7-8H,1-6H3,(H-,15,16,17)/p+1. The van der Waals surface area contributed by atoms with Gasteiger partial charge in [0.2, 0.25) is 20.0 Å². The molecule has 0 saturated heterocycles. The maximum absolute atomic E-state index is 13.5. The van der Waals surface area contributed by atoms with Crippen molar-refractivity contribution in [3.05, 3.63) is 142 Å². The van der Waals surface area contributed by atoms with E-state index in [0.717, 1.165) is 33.4 Å². The Morgan fingerprint density at radius 3 is 0.814 bits per heavy atom. The van der Waals surface area contributed by atoms with Gasteiger partial charge in [0.15, 0.2) is 0 Å². The van der Waals surface area contributed by atoms with Gasteiger partial charge >= 0.3 is 8.03 Å². The lowest BCUT2D eigenvalue weighted by Crippen LogP contribution is -2.20. The second-order valence-electron chi connectivity index (χ2n) is 24.4. The van der Waals surface area contributed by atoms with Crippen LogP contribution in [0.25, 0.3) is 0 Å². The van der Waals surface area contributed by atoms with E-state index < -0.39 is 22.8 Å². The molecule has 0 saturated carbocycles. The Morgan fingerprint density at radius 2 is 0.629 bits per heavy atom. The van der Waals surface area contributed by atoms with Gasteiger partial charge in [0.1, 0.15) is 17.2 Å². The molecular weight excluding hydrogens is 934 g/mol. The molecule has 5 rings (SSSR count). The predicted molar refractivity (Wildman–Crippen MR) is 295 cm³/mol. The molecule has 9 nitrogen and oxygen atoms in total. The molecule has 5 aromatic carbocycles. The van der Waals surface area contributed by atoms with Gasteiger partial charge in [-0.3, -0.25) is 9.13 Å². The Hall–Kier alpha value is -4.06. The second-order valence-corrected chi connectivity index (χ2v) is 30.6. The summed E-state index contributed by atoms with van der Waals surface area (Å²) in [6.45, 7) is 36.7. The molecule has 3 atom stereocenters. The first-order chi connectivity index (χ1) is 31.7. The van der Waals surface area contributed by atoms with E-state index in [1.54, 1.807) is 12.1 Å². The first-order valence-electron chi connectivity index (χ1n) is 23.9. The van der Waals surface area contributed by atoms with Crippen LogP contribution in [-0.4, -0.2) is 34.4 Å². The third-order valence-electron chi connectivity index (χ3n) is 12.2. The van der Waals surface area contributed by atoms with Crippen molar-refractivity contribution in [1.29, 1.82) is 0 Å². The van der Waals surface area contributed by atoms with Crippen molar-refractivity contribution >= 4 is 38.7 Å². The maximum Gasteiger partial charge on any atom is 0.546 e. The lowest BCUT2D eigenvalue weighted by Gasteiger charge is -2.29. The van der Waals surface area contributed by atoms with Crippen molar-refractivity contribution in [2.75, 3.05) is 14.2 Å². The number of rotatable bonds is 9. The molecule has 0 radical (unpaired) electrons. The summed E-state index contributed by atoms with van der Waals surface area (Å²) in [6, 6.07) is 29.8. The van der Waals surface area contributed by atoms with Gasteiger partial charge in [0.05, 0.1) is 12.3 Å². The first-order valence-corrected chi connectivity index (χ1v) is 28.7. The van der Waals surface area contributed by atoms with E-state index in [9.17, 15) is 33.9 Å². The maximum atomic E-state index is 13.5. The van der Waals surface area contributed by atoms with Crippen LogP contribution in [0.1, 0.15) is 169 Å². The Labute approximate surface area is 422 Å². The zero-order valence-corrected chi connectivity index (χ0v) is 48.5. The van der Waals surface area contributed by atoms with Gasteiger partial charge in [-0.2, -0.15) is 4.89 Å². The number of aromatic hydroxyl groups is 3. The van der Waals surface area contributed by atoms with E-state index in [-0.39, 0.29) is 38.2 Å². The molecule has 12 heteroatoms. The SMILES string of the molecule is CC(C)(C)c1cc([P+](=O)O)cc(C(C)(C)C)c1O.COP(=O)(Cc1cc(C(C)(C)C)c(O)c(C(C)(C)C)c1)c1ccccc1.COP(=O)(Cc1cc(C(C)(C)C)c(O)c(C(C)(C)C)c1)c1ccccc1. The number of phenolic OH excluding ortho intramolecular Hbond substituents is 3. The van der Waals surface area contributed by atoms with Gasteiger partial charge in [-0.05, 0) is 94.7 Å². The minimum absolute atomic E-state index is 0.218. The molecule has 0 aliphatic rings. The van der Waals surface area contributed by atoms with Crippen LogP contribution in [-0.2, 0) is 67.6 Å². The molecule has 0 spiro atoms. The lowest BCUT2D eigenvalue weighted by atomic mass is 9.78. The highest BCUT2D eigenvalue weighted by Gasteiger charge is 2.34. The average molecular weight is 1020 g/mol. The summed E-state index contributed by atoms with van der Waals surface area (Å²) in [6.07, 6.45) is 0.611. The van der Waals surface area contributed by atoms with E-state index in [4.69, 9.17) is 9.05 Å². The van der Waals surface area contributed by atoms with Crippen LogP contribution in [0.4, 0.5) is 0 Å². The fourth-order valence-corrected chi connectivity index (χ4v) is 12.1. The smallest absolute Gasteiger partial charge is 0.507 e. The Balaban J connectivity index is 0.000000283. The first kappa shape index (κ1) is 60.2. The molecule has 0 aliphatic heterocycles. The van der Waals surface area contributed by atoms with Crippen molar-refractivity contribution in [1.82, 2.24) is 0 Å². The summed E-state index contributed by atoms with van der Waals surface area (Å²) < 4.78 is 49.3. The van der Waals surface area contributed by atoms with E-state index >= 15 is 0 Å². The minimum atomic E-state index is -3.02. The third kappa shape index (κ3) is 15.5. The van der Waals surface area contributed by atoms with Gasteiger partial charge in [-0.25, -0.2) is 0 Å². The molecule has 0 heterocycles. The summed E-state index contributed by atoms with van der Waals surface area (Å²) in [5.74, 6) is 0.900. The van der Waals surface area contributed by atoms with Gasteiger partial charge in [-0.15, -0.1) is 0 Å². The third-order valence-corrected chi connectivity index (χ3v) is 17.8. The van der Waals surface area contributed by atoms with Crippen molar-refractivity contribution in [2.45, 2.75) is 169 Å². The molecule has 0 bridgehead atoms. The summed E-state index contributed by atoms with van der Waals surface area (Å²) in [4.78, 5) is 9.32. The second kappa shape index (κ2) is 22.4. The number of benzene rings is 5. The molecule has 0 aliphatic carbocycles. The molecule has 0 amide bonds. The highest BCUT2D eigenvalue weighted by atomic mass is 31.2. The van der Waals surface area contributed by atoms with Crippen LogP contribution in [0.2, 0.25) is 0 Å². The van der Waals surface area contributed by atoms with Crippen molar-refractivity contribution in [3.63, 3.8) is 0 Å². The van der Waals surface area contributed by atoms with E-state index in [1.807, 2.05) is 126 Å². The highest BCUT2D eigenvalue weighted by Crippen LogP contribution is 2.52. The zero-order chi connectivity index (χ0) is 53.8. The monoisotopic (exact) mass is 1020 g/mol. The zero-order valence-electron chi connectivity index (χ0n) is 45.8. The molecular formula is C58H84O9P3+. The van der Waals surface area contributed by atoms with Gasteiger partial charge in [0.25, 0.3) is 0 Å². The summed E-state index contributed by atoms with van der Waals surface area (Å²) in [5.41, 5.74) is 5.33. The normalized spacial score (nSPS) is 14.6. The Morgan fingerprint density at radius 1 is 0.414 bits per heavy atom. The Bertz CT molecular complexity index is 2440. The Kier molecular flexibility index (Phi) is 19.3. The van der Waals surface area contributed by atoms with Crippen LogP contribution in [0, 0.1) is 0 Å². The van der Waals surface area contributed by atoms with Crippen molar-refractivity contribution < 1.29 is 43.0 Å². The molecule has 5 aromatic rings. The average Bonchev–Trinajstić information content (AvgIpc) is 3.23. The quantitative estimate of drug-likeness (QED) is 0.106. The number of hydrogen-bond donors (Lipinski definition) is 4. The molecule has 0 fully saturated rings. The fraction of sp³-hybridized carbons (Fsp3) is 0.483. The molecule has 3 unspecified atom stereocenters. The molecule has 0 aromatic heterocycles. The number of hydrogen-bond acceptors (Lipinski definition) is 8. The highest BCUT2D eigenvalue weighted by molar-refractivity contribution is 7.66. The van der Waals surface area contributed by atoms with Gasteiger partial charge in [-0.1, -0.05) is 185 Å². The van der Waals surface area contributed by atoms with Crippen LogP contribution in [0.5, 0.6) is 17.2 Å². The van der Waals surface area contributed by atoms with Crippen LogP contribution in [0.15, 0.2) is 97.1 Å². The predicted octanol–water partition coefficient (Wildman–Crippen LogP) is 14.8. The van der Waals surface area contributed by atoms with E-state index in [2.05, 4.69) is 83.1 Å². The molecule has 4 N–H and O–H groups in total. The lowest BCUT2D eigenvalue weighted by molar-refractivity contribution is 0.400. The molecule has 384 valence electrons. The van der Waals surface area contributed by atoms with E-state index in [0.29, 0.717) is 50.9 Å².